The SMILES string of the molecule is CCNC(=O)c1nnc(-c2cc(C(C)C)c(O)cc2O)n1-c1ccc(CN2CCC(C(=O)N3CCN(C)CC3)CC2)cc1. The molecule has 3 aromatic rings. The van der Waals surface area contributed by atoms with Crippen LogP contribution in [0.15, 0.2) is 36.4 Å². The second kappa shape index (κ2) is 13.1. The first-order valence-corrected chi connectivity index (χ1v) is 15.2. The van der Waals surface area contributed by atoms with Gasteiger partial charge in [0.25, 0.3) is 5.91 Å². The molecule has 5 rings (SSSR count). The summed E-state index contributed by atoms with van der Waals surface area (Å²) in [4.78, 5) is 32.7. The number of nitrogens with zero attached hydrogens (tertiary/aromatic N) is 6. The molecule has 43 heavy (non-hydrogen) atoms. The van der Waals surface area contributed by atoms with Gasteiger partial charge in [-0.2, -0.15) is 0 Å². The van der Waals surface area contributed by atoms with Crippen molar-refractivity contribution in [3.63, 3.8) is 0 Å². The minimum atomic E-state index is -0.373. The summed E-state index contributed by atoms with van der Waals surface area (Å²) in [6.07, 6.45) is 1.75. The van der Waals surface area contributed by atoms with Crippen LogP contribution in [0.25, 0.3) is 17.1 Å². The Hall–Kier alpha value is -3.96. The van der Waals surface area contributed by atoms with Crippen molar-refractivity contribution in [2.24, 2.45) is 5.92 Å². The molecule has 2 fully saturated rings. The zero-order chi connectivity index (χ0) is 30.7. The largest absolute Gasteiger partial charge is 0.508 e. The van der Waals surface area contributed by atoms with E-state index in [2.05, 4.69) is 32.4 Å². The van der Waals surface area contributed by atoms with Gasteiger partial charge in [0.1, 0.15) is 11.5 Å². The van der Waals surface area contributed by atoms with E-state index in [0.29, 0.717) is 35.1 Å². The second-order valence-corrected chi connectivity index (χ2v) is 12.0. The molecule has 2 aromatic carbocycles. The number of benzene rings is 2. The molecule has 3 heterocycles. The summed E-state index contributed by atoms with van der Waals surface area (Å²) in [5, 5.41) is 32.4. The number of phenols is 2. The van der Waals surface area contributed by atoms with E-state index in [-0.39, 0.29) is 35.1 Å². The lowest BCUT2D eigenvalue weighted by Gasteiger charge is -2.37. The molecule has 1 aromatic heterocycles. The van der Waals surface area contributed by atoms with Gasteiger partial charge in [0.15, 0.2) is 5.82 Å². The Kier molecular flexibility index (Phi) is 9.31. The Labute approximate surface area is 253 Å². The Morgan fingerprint density at radius 3 is 2.26 bits per heavy atom. The molecular weight excluding hydrogens is 546 g/mol. The maximum absolute atomic E-state index is 13.0. The number of piperidine rings is 1. The number of hydrogen-bond acceptors (Lipinski definition) is 8. The van der Waals surface area contributed by atoms with Crippen LogP contribution in [-0.4, -0.2) is 104 Å². The number of piperazine rings is 1. The van der Waals surface area contributed by atoms with E-state index in [0.717, 1.165) is 64.2 Å². The zero-order valence-corrected chi connectivity index (χ0v) is 25.6. The number of phenolic OH excluding ortho intramolecular Hbond substituents is 2. The van der Waals surface area contributed by atoms with Gasteiger partial charge in [0, 0.05) is 56.9 Å². The first-order valence-electron chi connectivity index (χ1n) is 15.2. The van der Waals surface area contributed by atoms with Gasteiger partial charge in [-0.3, -0.25) is 19.1 Å². The van der Waals surface area contributed by atoms with Crippen LogP contribution in [0.4, 0.5) is 0 Å². The first kappa shape index (κ1) is 30.5. The summed E-state index contributed by atoms with van der Waals surface area (Å²) in [5.41, 5.74) is 2.84. The molecule has 0 aliphatic carbocycles. The van der Waals surface area contributed by atoms with Gasteiger partial charge < -0.3 is 25.3 Å². The van der Waals surface area contributed by atoms with Crippen molar-refractivity contribution < 1.29 is 19.8 Å². The standard InChI is InChI=1S/C32H43N7O4/c1-5-33-31(42)30-35-34-29(26-18-25(21(2)3)27(40)19-28(26)41)39(30)24-8-6-22(7-9-24)20-37-12-10-23(11-13-37)32(43)38-16-14-36(4)15-17-38/h6-9,18-19,21,23,40-41H,5,10-17,20H2,1-4H3,(H,33,42). The summed E-state index contributed by atoms with van der Waals surface area (Å²) >= 11 is 0. The molecule has 0 spiro atoms. The minimum Gasteiger partial charge on any atom is -0.508 e. The molecule has 0 saturated carbocycles. The maximum atomic E-state index is 13.0. The van der Waals surface area contributed by atoms with Crippen LogP contribution in [-0.2, 0) is 11.3 Å². The van der Waals surface area contributed by atoms with Crippen LogP contribution in [0, 0.1) is 5.92 Å². The van der Waals surface area contributed by atoms with Crippen LogP contribution >= 0.6 is 0 Å². The Bertz CT molecular complexity index is 1440. The number of likely N-dealkylation sites (tertiary alicyclic amines) is 1. The van der Waals surface area contributed by atoms with E-state index < -0.39 is 0 Å². The van der Waals surface area contributed by atoms with Crippen LogP contribution < -0.4 is 5.32 Å². The number of nitrogens with one attached hydrogen (secondary N) is 1. The lowest BCUT2D eigenvalue weighted by atomic mass is 9.94. The molecular formula is C32H43N7O4. The number of rotatable bonds is 8. The molecule has 2 amide bonds. The van der Waals surface area contributed by atoms with Crippen LogP contribution in [0.3, 0.4) is 0 Å². The Balaban J connectivity index is 1.32. The molecule has 0 bridgehead atoms. The summed E-state index contributed by atoms with van der Waals surface area (Å²) in [7, 11) is 2.10. The molecule has 3 N–H and O–H groups in total. The van der Waals surface area contributed by atoms with Gasteiger partial charge in [-0.25, -0.2) is 0 Å². The molecule has 2 aliphatic rings. The number of aromatic hydroxyl groups is 2. The van der Waals surface area contributed by atoms with E-state index in [9.17, 15) is 19.8 Å². The van der Waals surface area contributed by atoms with Crippen molar-refractivity contribution in [3.8, 4) is 28.6 Å². The molecule has 2 saturated heterocycles. The van der Waals surface area contributed by atoms with Gasteiger partial charge >= 0.3 is 0 Å². The predicted octanol–water partition coefficient (Wildman–Crippen LogP) is 3.20. The number of aromatic nitrogens is 3. The van der Waals surface area contributed by atoms with Crippen molar-refractivity contribution >= 4 is 11.8 Å². The van der Waals surface area contributed by atoms with Gasteiger partial charge in [-0.15, -0.1) is 10.2 Å². The third-order valence-corrected chi connectivity index (χ3v) is 8.56. The zero-order valence-electron chi connectivity index (χ0n) is 25.6. The monoisotopic (exact) mass is 589 g/mol. The number of likely N-dealkylation sites (N-methyl/N-ethyl adjacent to an activating group) is 1. The fraction of sp³-hybridized carbons (Fsp3) is 0.500. The predicted molar refractivity (Wildman–Crippen MR) is 164 cm³/mol. The van der Waals surface area contributed by atoms with Crippen LogP contribution in [0.2, 0.25) is 0 Å². The van der Waals surface area contributed by atoms with Crippen molar-refractivity contribution in [2.45, 2.75) is 46.1 Å². The Morgan fingerprint density at radius 2 is 1.63 bits per heavy atom. The number of amides is 2. The van der Waals surface area contributed by atoms with Crippen molar-refractivity contribution in [1.82, 2.24) is 34.8 Å². The molecule has 230 valence electrons. The van der Waals surface area contributed by atoms with E-state index in [4.69, 9.17) is 0 Å². The minimum absolute atomic E-state index is 0.00310. The van der Waals surface area contributed by atoms with Crippen LogP contribution in [0.5, 0.6) is 11.5 Å². The average Bonchev–Trinajstić information content (AvgIpc) is 3.43. The van der Waals surface area contributed by atoms with Gasteiger partial charge in [0.05, 0.1) is 5.56 Å². The van der Waals surface area contributed by atoms with Gasteiger partial charge in [-0.1, -0.05) is 26.0 Å². The summed E-state index contributed by atoms with van der Waals surface area (Å²) in [5.74, 6) is 0.317. The highest BCUT2D eigenvalue weighted by Gasteiger charge is 2.30. The van der Waals surface area contributed by atoms with Crippen molar-refractivity contribution in [3.05, 3.63) is 53.3 Å². The van der Waals surface area contributed by atoms with E-state index in [1.165, 1.54) is 6.07 Å². The normalized spacial score (nSPS) is 17.0. The maximum Gasteiger partial charge on any atom is 0.289 e. The average molecular weight is 590 g/mol. The fourth-order valence-electron chi connectivity index (χ4n) is 5.96. The summed E-state index contributed by atoms with van der Waals surface area (Å²) in [6, 6.07) is 10.9. The molecule has 0 unspecified atom stereocenters. The van der Waals surface area contributed by atoms with E-state index in [1.807, 2.05) is 49.9 Å². The van der Waals surface area contributed by atoms with Crippen LogP contribution in [0.1, 0.15) is 61.3 Å². The fourth-order valence-corrected chi connectivity index (χ4v) is 5.96. The highest BCUT2D eigenvalue weighted by molar-refractivity contribution is 5.92. The quantitative estimate of drug-likeness (QED) is 0.366. The summed E-state index contributed by atoms with van der Waals surface area (Å²) < 4.78 is 1.64. The Morgan fingerprint density at radius 1 is 0.953 bits per heavy atom. The molecule has 11 heteroatoms. The van der Waals surface area contributed by atoms with Gasteiger partial charge in [0.2, 0.25) is 11.7 Å². The topological polar surface area (TPSA) is 127 Å². The molecule has 2 aliphatic heterocycles. The molecule has 0 radical (unpaired) electrons. The van der Waals surface area contributed by atoms with E-state index >= 15 is 0 Å². The third-order valence-electron chi connectivity index (χ3n) is 8.56. The van der Waals surface area contributed by atoms with Crippen molar-refractivity contribution in [2.75, 3.05) is 52.9 Å². The molecule has 11 nitrogen and oxygen atoms in total. The van der Waals surface area contributed by atoms with Gasteiger partial charge in [-0.05, 0) is 75.1 Å². The smallest absolute Gasteiger partial charge is 0.289 e. The number of carbonyl (C=O) groups is 2. The lowest BCUT2D eigenvalue weighted by molar-refractivity contribution is -0.138. The van der Waals surface area contributed by atoms with Crippen molar-refractivity contribution in [1.29, 1.82) is 0 Å². The highest BCUT2D eigenvalue weighted by Crippen LogP contribution is 2.38. The van der Waals surface area contributed by atoms with E-state index in [1.54, 1.807) is 10.6 Å². The summed E-state index contributed by atoms with van der Waals surface area (Å²) in [6.45, 7) is 12.2. The molecule has 0 atom stereocenters. The lowest BCUT2D eigenvalue weighted by Crippen LogP contribution is -2.50. The third kappa shape index (κ3) is 6.67. The number of carbonyl (C=O) groups excluding carboxylic acids is 2. The highest BCUT2D eigenvalue weighted by atomic mass is 16.3. The first-order chi connectivity index (χ1) is 20.7. The number of hydrogen-bond donors (Lipinski definition) is 3. The second-order valence-electron chi connectivity index (χ2n) is 12.0.